The van der Waals surface area contributed by atoms with Crippen LogP contribution >= 0.6 is 11.6 Å². The van der Waals surface area contributed by atoms with E-state index in [1.807, 2.05) is 0 Å². The Morgan fingerprint density at radius 3 is 3.07 bits per heavy atom. The molecule has 0 aromatic heterocycles. The molecule has 1 aromatic carbocycles. The van der Waals surface area contributed by atoms with E-state index in [4.69, 9.17) is 27.2 Å². The first-order valence-corrected chi connectivity index (χ1v) is 4.91. The predicted octanol–water partition coefficient (Wildman–Crippen LogP) is 1.61. The van der Waals surface area contributed by atoms with Crippen molar-refractivity contribution >= 4 is 11.6 Å². The standard InChI is InChI=1S/C10H12ClNO2/c11-7-3-6(5-13)10-8(12)1-2-14-9(10)4-7/h3-4,8,13H,1-2,5,12H2. The van der Waals surface area contributed by atoms with Crippen molar-refractivity contribution in [1.82, 2.24) is 0 Å². The highest BCUT2D eigenvalue weighted by atomic mass is 35.5. The van der Waals surface area contributed by atoms with Gasteiger partial charge in [0.25, 0.3) is 0 Å². The Kier molecular flexibility index (Phi) is 2.63. The summed E-state index contributed by atoms with van der Waals surface area (Å²) < 4.78 is 5.44. The van der Waals surface area contributed by atoms with Crippen LogP contribution in [0.2, 0.25) is 5.02 Å². The van der Waals surface area contributed by atoms with Gasteiger partial charge in [-0.1, -0.05) is 11.6 Å². The van der Waals surface area contributed by atoms with Gasteiger partial charge in [-0.25, -0.2) is 0 Å². The van der Waals surface area contributed by atoms with Crippen LogP contribution in [0.15, 0.2) is 12.1 Å². The number of halogens is 1. The maximum atomic E-state index is 9.17. The molecule has 0 spiro atoms. The maximum absolute atomic E-state index is 9.17. The molecule has 14 heavy (non-hydrogen) atoms. The Balaban J connectivity index is 2.55. The van der Waals surface area contributed by atoms with Gasteiger partial charge < -0.3 is 15.6 Å². The van der Waals surface area contributed by atoms with E-state index in [-0.39, 0.29) is 12.6 Å². The molecular formula is C10H12ClNO2. The summed E-state index contributed by atoms with van der Waals surface area (Å²) in [6.07, 6.45) is 0.779. The van der Waals surface area contributed by atoms with E-state index in [1.165, 1.54) is 0 Å². The zero-order valence-corrected chi connectivity index (χ0v) is 8.42. The maximum Gasteiger partial charge on any atom is 0.125 e. The van der Waals surface area contributed by atoms with E-state index >= 15 is 0 Å². The number of aliphatic hydroxyl groups excluding tert-OH is 1. The Morgan fingerprint density at radius 1 is 1.57 bits per heavy atom. The molecule has 0 amide bonds. The van der Waals surface area contributed by atoms with Crippen molar-refractivity contribution in [2.45, 2.75) is 19.1 Å². The highest BCUT2D eigenvalue weighted by molar-refractivity contribution is 6.30. The minimum absolute atomic E-state index is 0.0556. The van der Waals surface area contributed by atoms with Crippen LogP contribution in [0.25, 0.3) is 0 Å². The number of nitrogens with two attached hydrogens (primary N) is 1. The van der Waals surface area contributed by atoms with E-state index in [0.717, 1.165) is 17.5 Å². The van der Waals surface area contributed by atoms with Crippen LogP contribution in [-0.2, 0) is 6.61 Å². The summed E-state index contributed by atoms with van der Waals surface area (Å²) in [4.78, 5) is 0. The zero-order chi connectivity index (χ0) is 10.1. The number of rotatable bonds is 1. The minimum Gasteiger partial charge on any atom is -0.493 e. The van der Waals surface area contributed by atoms with Gasteiger partial charge in [0.15, 0.2) is 0 Å². The van der Waals surface area contributed by atoms with Gasteiger partial charge in [-0.2, -0.15) is 0 Å². The molecular weight excluding hydrogens is 202 g/mol. The van der Waals surface area contributed by atoms with Crippen molar-refractivity contribution in [3.63, 3.8) is 0 Å². The molecule has 0 saturated heterocycles. The molecule has 0 bridgehead atoms. The van der Waals surface area contributed by atoms with Crippen molar-refractivity contribution in [3.05, 3.63) is 28.3 Å². The molecule has 1 atom stereocenters. The number of hydrogen-bond acceptors (Lipinski definition) is 3. The molecule has 0 aliphatic carbocycles. The zero-order valence-electron chi connectivity index (χ0n) is 7.66. The molecule has 0 radical (unpaired) electrons. The summed E-state index contributed by atoms with van der Waals surface area (Å²) in [6, 6.07) is 3.42. The van der Waals surface area contributed by atoms with Gasteiger partial charge in [-0.05, 0) is 17.7 Å². The molecule has 3 N–H and O–H groups in total. The normalized spacial score (nSPS) is 20.1. The number of hydrogen-bond donors (Lipinski definition) is 2. The van der Waals surface area contributed by atoms with Gasteiger partial charge in [0.2, 0.25) is 0 Å². The van der Waals surface area contributed by atoms with Crippen molar-refractivity contribution in [3.8, 4) is 5.75 Å². The lowest BCUT2D eigenvalue weighted by Gasteiger charge is -2.25. The van der Waals surface area contributed by atoms with Gasteiger partial charge in [-0.15, -0.1) is 0 Å². The van der Waals surface area contributed by atoms with Gasteiger partial charge in [-0.3, -0.25) is 0 Å². The lowest BCUT2D eigenvalue weighted by Crippen LogP contribution is -2.22. The molecule has 0 fully saturated rings. The Labute approximate surface area is 87.4 Å². The molecule has 1 aromatic rings. The number of ether oxygens (including phenoxy) is 1. The number of aliphatic hydroxyl groups is 1. The SMILES string of the molecule is NC1CCOc2cc(Cl)cc(CO)c21. The molecule has 3 nitrogen and oxygen atoms in total. The second-order valence-corrected chi connectivity index (χ2v) is 3.81. The quantitative estimate of drug-likeness (QED) is 0.746. The average molecular weight is 214 g/mol. The summed E-state index contributed by atoms with van der Waals surface area (Å²) >= 11 is 5.88. The molecule has 1 aliphatic rings. The van der Waals surface area contributed by atoms with Gasteiger partial charge >= 0.3 is 0 Å². The second-order valence-electron chi connectivity index (χ2n) is 3.38. The molecule has 1 heterocycles. The average Bonchev–Trinajstić information content (AvgIpc) is 2.16. The first kappa shape index (κ1) is 9.77. The third-order valence-corrected chi connectivity index (χ3v) is 2.64. The third kappa shape index (κ3) is 1.59. The van der Waals surface area contributed by atoms with E-state index in [9.17, 15) is 0 Å². The van der Waals surface area contributed by atoms with Crippen LogP contribution < -0.4 is 10.5 Å². The topological polar surface area (TPSA) is 55.5 Å². The lowest BCUT2D eigenvalue weighted by molar-refractivity contribution is 0.254. The van der Waals surface area contributed by atoms with Crippen LogP contribution in [-0.4, -0.2) is 11.7 Å². The summed E-state index contributed by atoms with van der Waals surface area (Å²) in [6.45, 7) is 0.555. The van der Waals surface area contributed by atoms with E-state index in [1.54, 1.807) is 12.1 Å². The van der Waals surface area contributed by atoms with Crippen molar-refractivity contribution in [1.29, 1.82) is 0 Å². The smallest absolute Gasteiger partial charge is 0.125 e. The molecule has 1 aliphatic heterocycles. The van der Waals surface area contributed by atoms with E-state index in [2.05, 4.69) is 0 Å². The Hall–Kier alpha value is -0.770. The van der Waals surface area contributed by atoms with Crippen LogP contribution in [0.3, 0.4) is 0 Å². The van der Waals surface area contributed by atoms with Crippen LogP contribution in [0.5, 0.6) is 5.75 Å². The molecule has 1 unspecified atom stereocenters. The first-order valence-electron chi connectivity index (χ1n) is 4.54. The predicted molar refractivity (Wildman–Crippen MR) is 54.4 cm³/mol. The van der Waals surface area contributed by atoms with Crippen LogP contribution in [0.4, 0.5) is 0 Å². The highest BCUT2D eigenvalue weighted by Gasteiger charge is 2.21. The van der Waals surface area contributed by atoms with E-state index < -0.39 is 0 Å². The summed E-state index contributed by atoms with van der Waals surface area (Å²) in [5.41, 5.74) is 7.59. The van der Waals surface area contributed by atoms with Crippen molar-refractivity contribution < 1.29 is 9.84 Å². The largest absolute Gasteiger partial charge is 0.493 e. The summed E-state index contributed by atoms with van der Waals surface area (Å²) in [7, 11) is 0. The number of fused-ring (bicyclic) bond motifs is 1. The molecule has 76 valence electrons. The molecule has 4 heteroatoms. The first-order chi connectivity index (χ1) is 6.72. The van der Waals surface area contributed by atoms with Crippen LogP contribution in [0.1, 0.15) is 23.6 Å². The van der Waals surface area contributed by atoms with Gasteiger partial charge in [0.05, 0.1) is 13.2 Å². The Bertz CT molecular complexity index is 337. The monoisotopic (exact) mass is 213 g/mol. The van der Waals surface area contributed by atoms with Crippen molar-refractivity contribution in [2.24, 2.45) is 5.73 Å². The summed E-state index contributed by atoms with van der Waals surface area (Å²) in [5, 5.41) is 9.74. The molecule has 0 saturated carbocycles. The number of benzene rings is 1. The second kappa shape index (κ2) is 3.77. The summed E-state index contributed by atoms with van der Waals surface area (Å²) in [5.74, 6) is 0.709. The van der Waals surface area contributed by atoms with Gasteiger partial charge in [0, 0.05) is 23.0 Å². The highest BCUT2D eigenvalue weighted by Crippen LogP contribution is 2.35. The van der Waals surface area contributed by atoms with Gasteiger partial charge in [0.1, 0.15) is 5.75 Å². The van der Waals surface area contributed by atoms with Crippen molar-refractivity contribution in [2.75, 3.05) is 6.61 Å². The fourth-order valence-corrected chi connectivity index (χ4v) is 1.99. The Morgan fingerprint density at radius 2 is 2.36 bits per heavy atom. The third-order valence-electron chi connectivity index (χ3n) is 2.42. The van der Waals surface area contributed by atoms with Crippen LogP contribution in [0, 0.1) is 0 Å². The minimum atomic E-state index is -0.0573. The van der Waals surface area contributed by atoms with E-state index in [0.29, 0.717) is 17.4 Å². The lowest BCUT2D eigenvalue weighted by atomic mass is 9.96. The fraction of sp³-hybridized carbons (Fsp3) is 0.400. The fourth-order valence-electron chi connectivity index (χ4n) is 1.76. The molecule has 2 rings (SSSR count).